The number of likely N-dealkylation sites (N-methyl/N-ethyl adjacent to an activating group) is 1. The molecule has 0 unspecified atom stereocenters. The van der Waals surface area contributed by atoms with Crippen LogP contribution in [-0.4, -0.2) is 85.3 Å². The molecule has 0 aromatic rings. The molecule has 1 saturated heterocycles. The van der Waals surface area contributed by atoms with Gasteiger partial charge in [0.1, 0.15) is 0 Å². The lowest BCUT2D eigenvalue weighted by Crippen LogP contribution is -2.52. The maximum atomic E-state index is 10.4. The fourth-order valence-corrected chi connectivity index (χ4v) is 3.12. The van der Waals surface area contributed by atoms with Crippen molar-refractivity contribution < 1.29 is 5.11 Å². The van der Waals surface area contributed by atoms with Crippen molar-refractivity contribution in [1.82, 2.24) is 14.7 Å². The number of aliphatic hydroxyl groups is 1. The van der Waals surface area contributed by atoms with Gasteiger partial charge < -0.3 is 10.0 Å². The second-order valence-electron chi connectivity index (χ2n) is 6.35. The summed E-state index contributed by atoms with van der Waals surface area (Å²) in [4.78, 5) is 7.24. The molecule has 2 aliphatic rings. The van der Waals surface area contributed by atoms with E-state index < -0.39 is 0 Å². The highest BCUT2D eigenvalue weighted by atomic mass is 16.3. The van der Waals surface area contributed by atoms with E-state index in [0.717, 1.165) is 52.1 Å². The summed E-state index contributed by atoms with van der Waals surface area (Å²) in [6.07, 6.45) is 4.43. The summed E-state index contributed by atoms with van der Waals surface area (Å²) in [5.74, 6) is 0. The molecule has 18 heavy (non-hydrogen) atoms. The second kappa shape index (κ2) is 6.33. The van der Waals surface area contributed by atoms with Crippen LogP contribution in [0.1, 0.15) is 25.7 Å². The third kappa shape index (κ3) is 4.19. The molecule has 0 atom stereocenters. The van der Waals surface area contributed by atoms with E-state index in [0.29, 0.717) is 0 Å². The quantitative estimate of drug-likeness (QED) is 0.773. The molecule has 1 aliphatic carbocycles. The van der Waals surface area contributed by atoms with Crippen molar-refractivity contribution in [2.24, 2.45) is 0 Å². The van der Waals surface area contributed by atoms with Gasteiger partial charge in [-0.05, 0) is 26.9 Å². The zero-order chi connectivity index (χ0) is 13.0. The maximum Gasteiger partial charge on any atom is 0.0774 e. The van der Waals surface area contributed by atoms with Gasteiger partial charge >= 0.3 is 0 Å². The molecule has 1 N–H and O–H groups in total. The van der Waals surface area contributed by atoms with Crippen molar-refractivity contribution in [1.29, 1.82) is 0 Å². The van der Waals surface area contributed by atoms with Gasteiger partial charge in [-0.3, -0.25) is 9.80 Å². The number of hydrogen-bond donors (Lipinski definition) is 1. The third-order valence-electron chi connectivity index (χ3n) is 4.38. The average Bonchev–Trinajstić information content (AvgIpc) is 2.75. The third-order valence-corrected chi connectivity index (χ3v) is 4.38. The van der Waals surface area contributed by atoms with Crippen LogP contribution in [-0.2, 0) is 0 Å². The van der Waals surface area contributed by atoms with Crippen molar-refractivity contribution in [3.63, 3.8) is 0 Å². The summed E-state index contributed by atoms with van der Waals surface area (Å²) < 4.78 is 0. The van der Waals surface area contributed by atoms with Gasteiger partial charge in [0.25, 0.3) is 0 Å². The van der Waals surface area contributed by atoms with Crippen molar-refractivity contribution in [3.8, 4) is 0 Å². The van der Waals surface area contributed by atoms with Crippen LogP contribution < -0.4 is 0 Å². The Kier molecular flexibility index (Phi) is 5.01. The summed E-state index contributed by atoms with van der Waals surface area (Å²) in [6.45, 7) is 7.77. The fourth-order valence-electron chi connectivity index (χ4n) is 3.12. The van der Waals surface area contributed by atoms with E-state index in [4.69, 9.17) is 0 Å². The molecule has 4 heteroatoms. The smallest absolute Gasteiger partial charge is 0.0774 e. The van der Waals surface area contributed by atoms with Crippen LogP contribution in [0.25, 0.3) is 0 Å². The first-order valence-electron chi connectivity index (χ1n) is 7.39. The number of nitrogens with zero attached hydrogens (tertiary/aromatic N) is 3. The molecule has 2 fully saturated rings. The van der Waals surface area contributed by atoms with Gasteiger partial charge in [0.15, 0.2) is 0 Å². The number of rotatable bonds is 5. The fraction of sp³-hybridized carbons (Fsp3) is 1.00. The number of piperazine rings is 1. The highest BCUT2D eigenvalue weighted by Gasteiger charge is 2.33. The van der Waals surface area contributed by atoms with Gasteiger partial charge in [0.2, 0.25) is 0 Å². The van der Waals surface area contributed by atoms with Crippen molar-refractivity contribution in [3.05, 3.63) is 0 Å². The Hall–Kier alpha value is -0.160. The van der Waals surface area contributed by atoms with Crippen LogP contribution in [0.3, 0.4) is 0 Å². The summed E-state index contributed by atoms with van der Waals surface area (Å²) in [7, 11) is 4.26. The molecular formula is C14H29N3O. The topological polar surface area (TPSA) is 30.0 Å². The molecule has 4 nitrogen and oxygen atoms in total. The molecule has 1 heterocycles. The first-order valence-corrected chi connectivity index (χ1v) is 7.39. The summed E-state index contributed by atoms with van der Waals surface area (Å²) in [6, 6.07) is 0. The van der Waals surface area contributed by atoms with Crippen LogP contribution in [0.2, 0.25) is 0 Å². The summed E-state index contributed by atoms with van der Waals surface area (Å²) in [5, 5.41) is 10.4. The Morgan fingerprint density at radius 2 is 1.56 bits per heavy atom. The van der Waals surface area contributed by atoms with Crippen LogP contribution >= 0.6 is 0 Å². The standard InChI is InChI=1S/C14H29N3O/c1-15(2)7-8-16-9-11-17(12-10-16)13-14(18)5-3-4-6-14/h18H,3-13H2,1-2H3. The van der Waals surface area contributed by atoms with E-state index in [1.807, 2.05) is 0 Å². The normalized spacial score (nSPS) is 26.0. The van der Waals surface area contributed by atoms with Crippen molar-refractivity contribution in [2.45, 2.75) is 31.3 Å². The number of β-amino-alcohol motifs (C(OH)–C–C–N with tert-alkyl or cyclic N) is 1. The largest absolute Gasteiger partial charge is 0.389 e. The molecule has 1 aliphatic heterocycles. The minimum Gasteiger partial charge on any atom is -0.389 e. The molecule has 0 aromatic carbocycles. The van der Waals surface area contributed by atoms with E-state index in [9.17, 15) is 5.11 Å². The van der Waals surface area contributed by atoms with Gasteiger partial charge in [-0.25, -0.2) is 0 Å². The molecule has 1 saturated carbocycles. The predicted molar refractivity (Wildman–Crippen MR) is 74.9 cm³/mol. The molecule has 0 spiro atoms. The zero-order valence-electron chi connectivity index (χ0n) is 12.1. The first-order chi connectivity index (χ1) is 8.57. The SMILES string of the molecule is CN(C)CCN1CCN(CC2(O)CCCC2)CC1. The van der Waals surface area contributed by atoms with E-state index in [-0.39, 0.29) is 5.60 Å². The Labute approximate surface area is 112 Å². The van der Waals surface area contributed by atoms with E-state index in [1.54, 1.807) is 0 Å². The second-order valence-corrected chi connectivity index (χ2v) is 6.35. The van der Waals surface area contributed by atoms with Crippen LogP contribution in [0.15, 0.2) is 0 Å². The molecule has 0 aromatic heterocycles. The van der Waals surface area contributed by atoms with Crippen LogP contribution in [0.5, 0.6) is 0 Å². The highest BCUT2D eigenvalue weighted by Crippen LogP contribution is 2.30. The Bertz CT molecular complexity index is 243. The Balaban J connectivity index is 1.67. The zero-order valence-corrected chi connectivity index (χ0v) is 12.1. The minimum atomic E-state index is -0.369. The Morgan fingerprint density at radius 1 is 1.00 bits per heavy atom. The van der Waals surface area contributed by atoms with Gasteiger partial charge in [-0.1, -0.05) is 12.8 Å². The van der Waals surface area contributed by atoms with E-state index in [2.05, 4.69) is 28.8 Å². The lowest BCUT2D eigenvalue weighted by molar-refractivity contribution is -0.00489. The van der Waals surface area contributed by atoms with Gasteiger partial charge in [0.05, 0.1) is 5.60 Å². The molecule has 106 valence electrons. The maximum absolute atomic E-state index is 10.4. The molecule has 2 rings (SSSR count). The van der Waals surface area contributed by atoms with E-state index in [1.165, 1.54) is 19.4 Å². The lowest BCUT2D eigenvalue weighted by atomic mass is 10.0. The highest BCUT2D eigenvalue weighted by molar-refractivity contribution is 4.88. The van der Waals surface area contributed by atoms with Gasteiger partial charge in [0, 0.05) is 45.8 Å². The first kappa shape index (κ1) is 14.3. The predicted octanol–water partition coefficient (Wildman–Crippen LogP) is 0.471. The van der Waals surface area contributed by atoms with Crippen molar-refractivity contribution in [2.75, 3.05) is 59.9 Å². The lowest BCUT2D eigenvalue weighted by Gasteiger charge is -2.38. The van der Waals surface area contributed by atoms with Gasteiger partial charge in [-0.15, -0.1) is 0 Å². The average molecular weight is 255 g/mol. The Morgan fingerprint density at radius 3 is 2.11 bits per heavy atom. The van der Waals surface area contributed by atoms with Crippen LogP contribution in [0.4, 0.5) is 0 Å². The summed E-state index contributed by atoms with van der Waals surface area (Å²) in [5.41, 5.74) is -0.369. The minimum absolute atomic E-state index is 0.369. The molecular weight excluding hydrogens is 226 g/mol. The monoisotopic (exact) mass is 255 g/mol. The molecule has 0 amide bonds. The number of hydrogen-bond acceptors (Lipinski definition) is 4. The molecule has 0 radical (unpaired) electrons. The van der Waals surface area contributed by atoms with Gasteiger partial charge in [-0.2, -0.15) is 0 Å². The van der Waals surface area contributed by atoms with Crippen molar-refractivity contribution >= 4 is 0 Å². The van der Waals surface area contributed by atoms with E-state index >= 15 is 0 Å². The molecule has 0 bridgehead atoms. The van der Waals surface area contributed by atoms with Crippen LogP contribution in [0, 0.1) is 0 Å². The summed E-state index contributed by atoms with van der Waals surface area (Å²) >= 11 is 0.